The summed E-state index contributed by atoms with van der Waals surface area (Å²) < 4.78 is 5.25. The Labute approximate surface area is 134 Å². The summed E-state index contributed by atoms with van der Waals surface area (Å²) in [6.07, 6.45) is 6.57. The molecule has 2 amide bonds. The Balaban J connectivity index is 2.40. The van der Waals surface area contributed by atoms with Crippen molar-refractivity contribution in [2.24, 2.45) is 5.92 Å². The summed E-state index contributed by atoms with van der Waals surface area (Å²) in [7, 11) is 1.59. The van der Waals surface area contributed by atoms with Crippen LogP contribution in [0, 0.1) is 5.92 Å². The second-order valence-electron chi connectivity index (χ2n) is 7.34. The molecule has 0 aromatic rings. The van der Waals surface area contributed by atoms with Crippen LogP contribution >= 0.6 is 0 Å². The summed E-state index contributed by atoms with van der Waals surface area (Å²) in [5.41, 5.74) is -0.543. The molecule has 0 radical (unpaired) electrons. The number of amides is 2. The molecule has 22 heavy (non-hydrogen) atoms. The minimum Gasteiger partial charge on any atom is -0.444 e. The van der Waals surface area contributed by atoms with Crippen molar-refractivity contribution in [1.82, 2.24) is 10.2 Å². The maximum absolute atomic E-state index is 12.1. The Bertz CT molecular complexity index is 377. The summed E-state index contributed by atoms with van der Waals surface area (Å²) in [6, 6.07) is 0.270. The van der Waals surface area contributed by atoms with E-state index in [1.807, 2.05) is 20.8 Å². The van der Waals surface area contributed by atoms with Crippen molar-refractivity contribution in [3.8, 4) is 0 Å². The van der Waals surface area contributed by atoms with Gasteiger partial charge in [-0.3, -0.25) is 4.79 Å². The fourth-order valence-electron chi connectivity index (χ4n) is 2.91. The quantitative estimate of drug-likeness (QED) is 0.818. The maximum Gasteiger partial charge on any atom is 0.410 e. The van der Waals surface area contributed by atoms with Gasteiger partial charge in [0, 0.05) is 13.1 Å². The molecule has 2 unspecified atom stereocenters. The van der Waals surface area contributed by atoms with Crippen LogP contribution < -0.4 is 5.32 Å². The van der Waals surface area contributed by atoms with Crippen molar-refractivity contribution in [1.29, 1.82) is 0 Å². The highest BCUT2D eigenvalue weighted by Crippen LogP contribution is 2.29. The normalized spacial score (nSPS) is 21.5. The zero-order valence-electron chi connectivity index (χ0n) is 14.8. The van der Waals surface area contributed by atoms with Gasteiger partial charge in [0.25, 0.3) is 0 Å². The SMILES string of the molecule is CCCCC1CCCC1NC(=O)CN(C)C(=O)OC(C)(C)C. The molecule has 5 heteroatoms. The third-order valence-corrected chi connectivity index (χ3v) is 4.02. The molecular weight excluding hydrogens is 280 g/mol. The summed E-state index contributed by atoms with van der Waals surface area (Å²) >= 11 is 0. The molecule has 1 fully saturated rings. The minimum absolute atomic E-state index is 0.0475. The van der Waals surface area contributed by atoms with Gasteiger partial charge in [0.1, 0.15) is 12.1 Å². The number of nitrogens with zero attached hydrogens (tertiary/aromatic N) is 1. The zero-order chi connectivity index (χ0) is 16.8. The van der Waals surface area contributed by atoms with E-state index in [1.165, 1.54) is 37.0 Å². The van der Waals surface area contributed by atoms with Crippen molar-refractivity contribution in [3.05, 3.63) is 0 Å². The fraction of sp³-hybridized carbons (Fsp3) is 0.882. The molecule has 0 aromatic carbocycles. The Morgan fingerprint density at radius 2 is 1.95 bits per heavy atom. The Morgan fingerprint density at radius 3 is 2.55 bits per heavy atom. The van der Waals surface area contributed by atoms with Gasteiger partial charge in [-0.25, -0.2) is 4.79 Å². The van der Waals surface area contributed by atoms with Gasteiger partial charge < -0.3 is 15.0 Å². The summed E-state index contributed by atoms with van der Waals surface area (Å²) in [6.45, 7) is 7.69. The molecule has 1 saturated carbocycles. The van der Waals surface area contributed by atoms with Gasteiger partial charge >= 0.3 is 6.09 Å². The highest BCUT2D eigenvalue weighted by atomic mass is 16.6. The van der Waals surface area contributed by atoms with Crippen LogP contribution in [0.3, 0.4) is 0 Å². The van der Waals surface area contributed by atoms with Crippen molar-refractivity contribution in [2.75, 3.05) is 13.6 Å². The maximum atomic E-state index is 12.1. The van der Waals surface area contributed by atoms with Crippen LogP contribution in [-0.2, 0) is 9.53 Å². The molecule has 1 N–H and O–H groups in total. The van der Waals surface area contributed by atoms with Crippen LogP contribution in [0.1, 0.15) is 66.2 Å². The molecule has 0 aliphatic heterocycles. The van der Waals surface area contributed by atoms with E-state index in [1.54, 1.807) is 7.05 Å². The molecule has 128 valence electrons. The summed E-state index contributed by atoms with van der Waals surface area (Å²) in [4.78, 5) is 25.3. The van der Waals surface area contributed by atoms with Crippen molar-refractivity contribution < 1.29 is 14.3 Å². The van der Waals surface area contributed by atoms with Gasteiger partial charge in [0.05, 0.1) is 0 Å². The molecule has 5 nitrogen and oxygen atoms in total. The molecule has 1 aliphatic rings. The van der Waals surface area contributed by atoms with Gasteiger partial charge in [-0.1, -0.05) is 26.2 Å². The van der Waals surface area contributed by atoms with Gasteiger partial charge in [-0.2, -0.15) is 0 Å². The lowest BCUT2D eigenvalue weighted by molar-refractivity contribution is -0.123. The van der Waals surface area contributed by atoms with E-state index in [2.05, 4.69) is 12.2 Å². The molecule has 2 atom stereocenters. The first-order valence-electron chi connectivity index (χ1n) is 8.46. The third-order valence-electron chi connectivity index (χ3n) is 4.02. The average Bonchev–Trinajstić information content (AvgIpc) is 2.81. The highest BCUT2D eigenvalue weighted by Gasteiger charge is 2.29. The number of ether oxygens (including phenoxy) is 1. The number of hydrogen-bond donors (Lipinski definition) is 1. The smallest absolute Gasteiger partial charge is 0.410 e. The first-order valence-corrected chi connectivity index (χ1v) is 8.46. The van der Waals surface area contributed by atoms with Crippen LogP contribution in [0.5, 0.6) is 0 Å². The third kappa shape index (κ3) is 6.67. The van der Waals surface area contributed by atoms with E-state index in [0.29, 0.717) is 5.92 Å². The van der Waals surface area contributed by atoms with Crippen molar-refractivity contribution in [3.63, 3.8) is 0 Å². The standard InChI is InChI=1S/C17H32N2O3/c1-6-7-9-13-10-8-11-14(13)18-15(20)12-19(5)16(21)22-17(2,3)4/h13-14H,6-12H2,1-5H3,(H,18,20). The summed E-state index contributed by atoms with van der Waals surface area (Å²) in [5, 5.41) is 3.10. The Morgan fingerprint density at radius 1 is 1.27 bits per heavy atom. The molecule has 0 spiro atoms. The Kier molecular flexibility index (Phi) is 7.17. The molecule has 1 aliphatic carbocycles. The van der Waals surface area contributed by atoms with Crippen LogP contribution in [0.15, 0.2) is 0 Å². The van der Waals surface area contributed by atoms with E-state index in [4.69, 9.17) is 4.74 Å². The number of carbonyl (C=O) groups is 2. The molecule has 0 bridgehead atoms. The van der Waals surface area contributed by atoms with Gasteiger partial charge in [0.15, 0.2) is 0 Å². The van der Waals surface area contributed by atoms with E-state index in [9.17, 15) is 9.59 Å². The first-order chi connectivity index (χ1) is 10.2. The summed E-state index contributed by atoms with van der Waals surface area (Å²) in [5.74, 6) is 0.498. The number of rotatable bonds is 6. The van der Waals surface area contributed by atoms with Crippen LogP contribution in [-0.4, -0.2) is 42.1 Å². The number of unbranched alkanes of at least 4 members (excludes halogenated alkanes) is 1. The molecule has 0 heterocycles. The van der Waals surface area contributed by atoms with Crippen LogP contribution in [0.4, 0.5) is 4.79 Å². The van der Waals surface area contributed by atoms with E-state index >= 15 is 0 Å². The minimum atomic E-state index is -0.543. The lowest BCUT2D eigenvalue weighted by atomic mass is 9.97. The molecule has 1 rings (SSSR count). The predicted octanol–water partition coefficient (Wildman–Crippen LogP) is 3.33. The van der Waals surface area contributed by atoms with E-state index in [0.717, 1.165) is 6.42 Å². The monoisotopic (exact) mass is 312 g/mol. The molecular formula is C17H32N2O3. The second kappa shape index (κ2) is 8.39. The van der Waals surface area contributed by atoms with Crippen LogP contribution in [0.25, 0.3) is 0 Å². The fourth-order valence-corrected chi connectivity index (χ4v) is 2.91. The lowest BCUT2D eigenvalue weighted by Crippen LogP contribution is -2.45. The van der Waals surface area contributed by atoms with Crippen LogP contribution in [0.2, 0.25) is 0 Å². The van der Waals surface area contributed by atoms with Gasteiger partial charge in [0.2, 0.25) is 5.91 Å². The second-order valence-corrected chi connectivity index (χ2v) is 7.34. The van der Waals surface area contributed by atoms with Crippen molar-refractivity contribution >= 4 is 12.0 Å². The van der Waals surface area contributed by atoms with Gasteiger partial charge in [-0.05, 0) is 46.0 Å². The number of nitrogens with one attached hydrogen (secondary N) is 1. The first kappa shape index (κ1) is 18.8. The lowest BCUT2D eigenvalue weighted by Gasteiger charge is -2.25. The molecule has 0 aromatic heterocycles. The topological polar surface area (TPSA) is 58.6 Å². The Hall–Kier alpha value is -1.26. The number of hydrogen-bond acceptors (Lipinski definition) is 3. The largest absolute Gasteiger partial charge is 0.444 e. The molecule has 0 saturated heterocycles. The predicted molar refractivity (Wildman–Crippen MR) is 87.7 cm³/mol. The average molecular weight is 312 g/mol. The number of likely N-dealkylation sites (N-methyl/N-ethyl adjacent to an activating group) is 1. The zero-order valence-corrected chi connectivity index (χ0v) is 14.8. The number of carbonyl (C=O) groups excluding carboxylic acids is 2. The highest BCUT2D eigenvalue weighted by molar-refractivity contribution is 5.82. The van der Waals surface area contributed by atoms with E-state index < -0.39 is 11.7 Å². The van der Waals surface area contributed by atoms with Gasteiger partial charge in [-0.15, -0.1) is 0 Å². The van der Waals surface area contributed by atoms with E-state index in [-0.39, 0.29) is 18.5 Å². The van der Waals surface area contributed by atoms with Crippen molar-refractivity contribution in [2.45, 2.75) is 77.9 Å².